The summed E-state index contributed by atoms with van der Waals surface area (Å²) in [7, 11) is 0. The van der Waals surface area contributed by atoms with Crippen LogP contribution in [0.5, 0.6) is 5.75 Å². The van der Waals surface area contributed by atoms with Gasteiger partial charge in [-0.05, 0) is 87.7 Å². The van der Waals surface area contributed by atoms with Gasteiger partial charge in [-0.25, -0.2) is 5.01 Å². The molecule has 1 aliphatic heterocycles. The first-order valence-electron chi connectivity index (χ1n) is 6.67. The maximum absolute atomic E-state index is 12.6. The van der Waals surface area contributed by atoms with Gasteiger partial charge in [0, 0.05) is 13.6 Å². The lowest BCUT2D eigenvalue weighted by atomic mass is 10.1. The molecule has 0 unspecified atom stereocenters. The first-order valence-corrected chi connectivity index (χ1v) is 9.62. The molecular weight excluding hydrogens is 602 g/mol. The van der Waals surface area contributed by atoms with Crippen molar-refractivity contribution in [3.63, 3.8) is 0 Å². The molecule has 2 aromatic carbocycles. The van der Waals surface area contributed by atoms with Crippen molar-refractivity contribution in [1.29, 1.82) is 0 Å². The zero-order chi connectivity index (χ0) is 17.4. The molecule has 1 fully saturated rings. The molecule has 0 saturated carbocycles. The molecule has 2 amide bonds. The topological polar surface area (TPSA) is 69.6 Å². The minimum atomic E-state index is -0.504. The van der Waals surface area contributed by atoms with Crippen molar-refractivity contribution in [3.05, 3.63) is 59.1 Å². The number of nitrogens with one attached hydrogen (secondary N) is 1. The number of hydrogen-bond acceptors (Lipinski definition) is 3. The van der Waals surface area contributed by atoms with Gasteiger partial charge in [0.25, 0.3) is 11.8 Å². The highest BCUT2D eigenvalue weighted by molar-refractivity contribution is 14.1. The second kappa shape index (κ2) is 7.00. The largest absolute Gasteiger partial charge is 0.506 e. The molecule has 0 atom stereocenters. The van der Waals surface area contributed by atoms with E-state index < -0.39 is 11.8 Å². The van der Waals surface area contributed by atoms with Gasteiger partial charge in [-0.2, -0.15) is 0 Å². The van der Waals surface area contributed by atoms with Crippen molar-refractivity contribution < 1.29 is 14.7 Å². The fourth-order valence-corrected chi connectivity index (χ4v) is 4.33. The molecular formula is C16H9BrI2N2O3. The zero-order valence-electron chi connectivity index (χ0n) is 11.9. The average molecular weight is 611 g/mol. The van der Waals surface area contributed by atoms with Crippen LogP contribution >= 0.6 is 61.1 Å². The van der Waals surface area contributed by atoms with Gasteiger partial charge in [-0.3, -0.25) is 15.0 Å². The van der Waals surface area contributed by atoms with E-state index in [1.807, 2.05) is 28.7 Å². The highest BCUT2D eigenvalue weighted by atomic mass is 127. The molecule has 1 saturated heterocycles. The molecule has 1 aliphatic rings. The molecule has 0 bridgehead atoms. The summed E-state index contributed by atoms with van der Waals surface area (Å²) in [5.41, 5.74) is 3.50. The van der Waals surface area contributed by atoms with E-state index in [4.69, 9.17) is 0 Å². The monoisotopic (exact) mass is 610 g/mol. The number of phenolic OH excluding ortho intramolecular Hbond substituents is 1. The average Bonchev–Trinajstić information content (AvgIpc) is 2.81. The van der Waals surface area contributed by atoms with Crippen LogP contribution in [0.25, 0.3) is 6.08 Å². The predicted molar refractivity (Wildman–Crippen MR) is 111 cm³/mol. The van der Waals surface area contributed by atoms with E-state index in [0.29, 0.717) is 14.8 Å². The fourth-order valence-electron chi connectivity index (χ4n) is 2.18. The Morgan fingerprint density at radius 2 is 1.79 bits per heavy atom. The van der Waals surface area contributed by atoms with E-state index in [2.05, 4.69) is 43.9 Å². The lowest BCUT2D eigenvalue weighted by Gasteiger charge is -2.14. The van der Waals surface area contributed by atoms with Crippen molar-refractivity contribution in [2.45, 2.75) is 0 Å². The highest BCUT2D eigenvalue weighted by Crippen LogP contribution is 2.30. The Morgan fingerprint density at radius 1 is 1.12 bits per heavy atom. The third-order valence-electron chi connectivity index (χ3n) is 3.33. The molecule has 8 heteroatoms. The van der Waals surface area contributed by atoms with Crippen LogP contribution in [0.2, 0.25) is 0 Å². The molecule has 0 radical (unpaired) electrons. The number of hydrogen-bond donors (Lipinski definition) is 2. The predicted octanol–water partition coefficient (Wildman–Crippen LogP) is 3.83. The summed E-state index contributed by atoms with van der Waals surface area (Å²) >= 11 is 7.45. The maximum atomic E-state index is 12.6. The van der Waals surface area contributed by atoms with Crippen LogP contribution in [0.1, 0.15) is 5.56 Å². The molecule has 5 nitrogen and oxygen atoms in total. The maximum Gasteiger partial charge on any atom is 0.282 e. The Labute approximate surface area is 173 Å². The molecule has 122 valence electrons. The summed E-state index contributed by atoms with van der Waals surface area (Å²) in [5, 5.41) is 11.3. The van der Waals surface area contributed by atoms with Gasteiger partial charge in [-0.1, -0.05) is 15.9 Å². The lowest BCUT2D eigenvalue weighted by Crippen LogP contribution is -2.35. The van der Waals surface area contributed by atoms with Crippen molar-refractivity contribution in [3.8, 4) is 5.75 Å². The van der Waals surface area contributed by atoms with Crippen LogP contribution in [0.3, 0.4) is 0 Å². The number of carbonyl (C=O) groups is 2. The Morgan fingerprint density at radius 3 is 2.46 bits per heavy atom. The standard InChI is InChI=1S/C16H9BrI2N2O3/c17-9-1-3-11(4-2-9)21-16(24)12(15(23)20-21)6-8-5-10(18)7-13(19)14(8)22/h1-7,22H,(H,20,23)/b12-6+. The van der Waals surface area contributed by atoms with E-state index >= 15 is 0 Å². The first kappa shape index (κ1) is 17.7. The van der Waals surface area contributed by atoms with Crippen LogP contribution in [-0.4, -0.2) is 16.9 Å². The minimum absolute atomic E-state index is 0.0222. The number of halogens is 3. The molecule has 0 spiro atoms. The van der Waals surface area contributed by atoms with Gasteiger partial charge in [-0.15, -0.1) is 0 Å². The number of phenols is 1. The Bertz CT molecular complexity index is 882. The SMILES string of the molecule is O=C1NN(c2ccc(Br)cc2)C(=O)/C1=C/c1cc(I)cc(I)c1O. The number of nitrogens with zero attached hydrogens (tertiary/aromatic N) is 1. The molecule has 1 heterocycles. The third kappa shape index (κ3) is 3.45. The number of hydrazine groups is 1. The van der Waals surface area contributed by atoms with Crippen molar-refractivity contribution >= 4 is 84.7 Å². The molecule has 3 rings (SSSR count). The minimum Gasteiger partial charge on any atom is -0.506 e. The van der Waals surface area contributed by atoms with Gasteiger partial charge in [0.2, 0.25) is 0 Å². The Balaban J connectivity index is 1.99. The van der Waals surface area contributed by atoms with Crippen LogP contribution in [0.15, 0.2) is 46.4 Å². The number of benzene rings is 2. The summed E-state index contributed by atoms with van der Waals surface area (Å²) in [6, 6.07) is 10.5. The van der Waals surface area contributed by atoms with E-state index in [1.165, 1.54) is 11.1 Å². The smallest absolute Gasteiger partial charge is 0.282 e. The van der Waals surface area contributed by atoms with Gasteiger partial charge in [0.15, 0.2) is 0 Å². The van der Waals surface area contributed by atoms with E-state index in [9.17, 15) is 14.7 Å². The van der Waals surface area contributed by atoms with Crippen LogP contribution in [0.4, 0.5) is 5.69 Å². The number of aromatic hydroxyl groups is 1. The van der Waals surface area contributed by atoms with Crippen molar-refractivity contribution in [1.82, 2.24) is 5.43 Å². The first-order chi connectivity index (χ1) is 11.4. The Hall–Kier alpha value is -1.14. The normalized spacial score (nSPS) is 16.0. The molecule has 0 aromatic heterocycles. The quantitative estimate of drug-likeness (QED) is 0.309. The molecule has 2 N–H and O–H groups in total. The lowest BCUT2D eigenvalue weighted by molar-refractivity contribution is -0.117. The second-order valence-corrected chi connectivity index (χ2v) is 8.26. The van der Waals surface area contributed by atoms with E-state index in [0.717, 1.165) is 8.04 Å². The van der Waals surface area contributed by atoms with Gasteiger partial charge in [0.05, 0.1) is 9.26 Å². The van der Waals surface area contributed by atoms with E-state index in [-0.39, 0.29) is 11.3 Å². The van der Waals surface area contributed by atoms with Crippen molar-refractivity contribution in [2.24, 2.45) is 0 Å². The molecule has 0 aliphatic carbocycles. The van der Waals surface area contributed by atoms with E-state index in [1.54, 1.807) is 30.3 Å². The van der Waals surface area contributed by atoms with Crippen LogP contribution in [0, 0.1) is 7.14 Å². The fraction of sp³-hybridized carbons (Fsp3) is 0. The number of rotatable bonds is 2. The highest BCUT2D eigenvalue weighted by Gasteiger charge is 2.34. The summed E-state index contributed by atoms with van der Waals surface area (Å²) in [6.07, 6.45) is 1.41. The second-order valence-electron chi connectivity index (χ2n) is 4.94. The van der Waals surface area contributed by atoms with Crippen molar-refractivity contribution in [2.75, 3.05) is 5.01 Å². The number of carbonyl (C=O) groups excluding carboxylic acids is 2. The molecule has 2 aromatic rings. The summed E-state index contributed by atoms with van der Waals surface area (Å²) in [5.74, 6) is -0.919. The van der Waals surface area contributed by atoms with Gasteiger partial charge in [0.1, 0.15) is 11.3 Å². The van der Waals surface area contributed by atoms with Crippen LogP contribution in [-0.2, 0) is 9.59 Å². The van der Waals surface area contributed by atoms with Gasteiger partial charge >= 0.3 is 0 Å². The Kier molecular flexibility index (Phi) is 5.16. The molecule has 24 heavy (non-hydrogen) atoms. The number of amides is 2. The van der Waals surface area contributed by atoms with Crippen LogP contribution < -0.4 is 10.4 Å². The summed E-state index contributed by atoms with van der Waals surface area (Å²) in [6.45, 7) is 0. The number of anilines is 1. The zero-order valence-corrected chi connectivity index (χ0v) is 17.8. The summed E-state index contributed by atoms with van der Waals surface area (Å²) < 4.78 is 2.43. The van der Waals surface area contributed by atoms with Gasteiger partial charge < -0.3 is 5.11 Å². The third-order valence-corrected chi connectivity index (χ3v) is 5.31. The summed E-state index contributed by atoms with van der Waals surface area (Å²) in [4.78, 5) is 24.7.